The van der Waals surface area contributed by atoms with E-state index in [1.165, 1.54) is 0 Å². The smallest absolute Gasteiger partial charge is 0.362 e. The maximum absolute atomic E-state index is 13.0. The molecule has 7 nitrogen and oxygen atoms in total. The molecule has 3 aromatic rings. The topological polar surface area (TPSA) is 87.2 Å². The van der Waals surface area contributed by atoms with Crippen molar-refractivity contribution >= 4 is 55.9 Å². The van der Waals surface area contributed by atoms with Crippen LogP contribution in [0, 0.1) is 11.8 Å². The predicted molar refractivity (Wildman–Crippen MR) is 144 cm³/mol. The fraction of sp³-hybridized carbons (Fsp3) is 0.440. The third-order valence-corrected chi connectivity index (χ3v) is 9.02. The van der Waals surface area contributed by atoms with Gasteiger partial charge in [-0.15, -0.1) is 0 Å². The summed E-state index contributed by atoms with van der Waals surface area (Å²) in [5.41, 5.74) is -0.247. The van der Waals surface area contributed by atoms with E-state index in [1.807, 2.05) is 43.3 Å². The standard InChI is InChI=1S/C25H28Cl2F3N5O2S/c1-35(2)23-18-5-3-4-6-21(18)33-24(34-23)31-13-15-7-9-16(10-8-15)14-32-38(36,37)22-19(26)11-17(12-20(22)27)25(28,29)30/h3-6,11-12,15-16,32H,7-10,13-14H2,1-2H3,(H,31,33,34)/t15-,16-. The first-order chi connectivity index (χ1) is 17.8. The molecule has 2 N–H and O–H groups in total. The zero-order valence-corrected chi connectivity index (χ0v) is 23.1. The van der Waals surface area contributed by atoms with E-state index in [2.05, 4.69) is 20.0 Å². The van der Waals surface area contributed by atoms with Gasteiger partial charge in [-0.25, -0.2) is 18.1 Å². The number of hydrogen-bond donors (Lipinski definition) is 2. The molecule has 0 saturated heterocycles. The molecular formula is C25H28Cl2F3N5O2S. The minimum atomic E-state index is -4.69. The Morgan fingerprint density at radius 2 is 1.55 bits per heavy atom. The summed E-state index contributed by atoms with van der Waals surface area (Å²) in [4.78, 5) is 10.7. The lowest BCUT2D eigenvalue weighted by atomic mass is 9.82. The Kier molecular flexibility index (Phi) is 8.61. The van der Waals surface area contributed by atoms with Gasteiger partial charge in [0.15, 0.2) is 0 Å². The first-order valence-electron chi connectivity index (χ1n) is 12.1. The fourth-order valence-electron chi connectivity index (χ4n) is 4.64. The second kappa shape index (κ2) is 11.4. The minimum Gasteiger partial charge on any atom is -0.362 e. The lowest BCUT2D eigenvalue weighted by Crippen LogP contribution is -2.32. The number of anilines is 2. The number of alkyl halides is 3. The molecule has 13 heteroatoms. The Morgan fingerprint density at radius 3 is 2.13 bits per heavy atom. The van der Waals surface area contributed by atoms with E-state index >= 15 is 0 Å². The van der Waals surface area contributed by atoms with Crippen LogP contribution in [0.1, 0.15) is 31.2 Å². The zero-order chi connectivity index (χ0) is 27.7. The van der Waals surface area contributed by atoms with E-state index in [4.69, 9.17) is 23.2 Å². The molecule has 1 aliphatic carbocycles. The van der Waals surface area contributed by atoms with Crippen molar-refractivity contribution in [3.05, 3.63) is 52.0 Å². The first-order valence-corrected chi connectivity index (χ1v) is 14.3. The second-order valence-electron chi connectivity index (χ2n) is 9.67. The summed E-state index contributed by atoms with van der Waals surface area (Å²) in [7, 11) is -0.310. The van der Waals surface area contributed by atoms with Gasteiger partial charge in [0.05, 0.1) is 21.1 Å². The SMILES string of the molecule is CN(C)c1nc(NC[C@H]2CC[C@H](CNS(=O)(=O)c3c(Cl)cc(C(F)(F)F)cc3Cl)CC2)nc2ccccc12. The number of aromatic nitrogens is 2. The second-order valence-corrected chi connectivity index (χ2v) is 12.2. The largest absolute Gasteiger partial charge is 0.416 e. The van der Waals surface area contributed by atoms with E-state index in [9.17, 15) is 21.6 Å². The molecule has 1 aromatic heterocycles. The van der Waals surface area contributed by atoms with Gasteiger partial charge in [0, 0.05) is 32.6 Å². The summed E-state index contributed by atoms with van der Waals surface area (Å²) in [5, 5.41) is 3.19. The lowest BCUT2D eigenvalue weighted by Gasteiger charge is -2.29. The molecule has 2 aromatic carbocycles. The van der Waals surface area contributed by atoms with E-state index in [0.717, 1.165) is 42.4 Å². The molecule has 0 unspecified atom stereocenters. The number of sulfonamides is 1. The summed E-state index contributed by atoms with van der Waals surface area (Å²) in [6.45, 7) is 0.844. The van der Waals surface area contributed by atoms with Crippen LogP contribution in [-0.2, 0) is 16.2 Å². The van der Waals surface area contributed by atoms with Crippen molar-refractivity contribution in [3.8, 4) is 0 Å². The average molecular weight is 590 g/mol. The highest BCUT2D eigenvalue weighted by molar-refractivity contribution is 7.89. The zero-order valence-electron chi connectivity index (χ0n) is 20.8. The predicted octanol–water partition coefficient (Wildman–Crippen LogP) is 6.22. The maximum Gasteiger partial charge on any atom is 0.416 e. The number of para-hydroxylation sites is 1. The van der Waals surface area contributed by atoms with Crippen LogP contribution < -0.4 is 14.9 Å². The molecule has 1 fully saturated rings. The molecule has 0 aliphatic heterocycles. The number of nitrogens with zero attached hydrogens (tertiary/aromatic N) is 3. The quantitative estimate of drug-likeness (QED) is 0.324. The molecular weight excluding hydrogens is 562 g/mol. The summed E-state index contributed by atoms with van der Waals surface area (Å²) in [6, 6.07) is 8.97. The normalized spacial score (nSPS) is 18.5. The third kappa shape index (κ3) is 6.62. The molecule has 1 heterocycles. The number of hydrogen-bond acceptors (Lipinski definition) is 6. The molecule has 206 valence electrons. The van der Waals surface area contributed by atoms with Crippen molar-refractivity contribution in [3.63, 3.8) is 0 Å². The van der Waals surface area contributed by atoms with E-state index < -0.39 is 36.7 Å². The summed E-state index contributed by atoms with van der Waals surface area (Å²) < 4.78 is 66.9. The van der Waals surface area contributed by atoms with Gasteiger partial charge in [-0.3, -0.25) is 0 Å². The number of nitrogens with one attached hydrogen (secondary N) is 2. The van der Waals surface area contributed by atoms with Gasteiger partial charge in [0.1, 0.15) is 10.7 Å². The molecule has 0 atom stereocenters. The Hall–Kier alpha value is -2.34. The van der Waals surface area contributed by atoms with Crippen LogP contribution in [0.2, 0.25) is 10.0 Å². The fourth-order valence-corrected chi connectivity index (χ4v) is 6.96. The molecule has 0 spiro atoms. The Morgan fingerprint density at radius 1 is 0.974 bits per heavy atom. The van der Waals surface area contributed by atoms with Crippen LogP contribution in [0.25, 0.3) is 10.9 Å². The number of benzene rings is 2. The van der Waals surface area contributed by atoms with E-state index in [-0.39, 0.29) is 12.5 Å². The van der Waals surface area contributed by atoms with Crippen LogP contribution in [0.15, 0.2) is 41.3 Å². The average Bonchev–Trinajstić information content (AvgIpc) is 2.85. The highest BCUT2D eigenvalue weighted by Gasteiger charge is 2.34. The van der Waals surface area contributed by atoms with Crippen molar-refractivity contribution in [1.82, 2.24) is 14.7 Å². The van der Waals surface area contributed by atoms with Gasteiger partial charge >= 0.3 is 6.18 Å². The van der Waals surface area contributed by atoms with Crippen molar-refractivity contribution in [1.29, 1.82) is 0 Å². The minimum absolute atomic E-state index is 0.0882. The number of fused-ring (bicyclic) bond motifs is 1. The van der Waals surface area contributed by atoms with Crippen LogP contribution >= 0.6 is 23.2 Å². The van der Waals surface area contributed by atoms with Gasteiger partial charge in [-0.1, -0.05) is 35.3 Å². The van der Waals surface area contributed by atoms with Gasteiger partial charge in [-0.05, 0) is 61.8 Å². The Balaban J connectivity index is 1.32. The maximum atomic E-state index is 13.0. The Labute approximate surface area is 229 Å². The van der Waals surface area contributed by atoms with Gasteiger partial charge in [0.2, 0.25) is 16.0 Å². The number of halogens is 5. The molecule has 1 aliphatic rings. The summed E-state index contributed by atoms with van der Waals surface area (Å²) in [6.07, 6.45) is -1.33. The van der Waals surface area contributed by atoms with Crippen LogP contribution in [0.3, 0.4) is 0 Å². The van der Waals surface area contributed by atoms with Crippen LogP contribution in [0.4, 0.5) is 24.9 Å². The number of rotatable bonds is 8. The van der Waals surface area contributed by atoms with Crippen molar-refractivity contribution in [2.45, 2.75) is 36.8 Å². The molecule has 4 rings (SSSR count). The van der Waals surface area contributed by atoms with Crippen LogP contribution in [-0.4, -0.2) is 45.6 Å². The summed E-state index contributed by atoms with van der Waals surface area (Å²) in [5.74, 6) is 1.86. The van der Waals surface area contributed by atoms with Gasteiger partial charge < -0.3 is 10.2 Å². The third-order valence-electron chi connectivity index (χ3n) is 6.68. The van der Waals surface area contributed by atoms with E-state index in [0.29, 0.717) is 30.5 Å². The van der Waals surface area contributed by atoms with E-state index in [1.54, 1.807) is 0 Å². The molecule has 0 radical (unpaired) electrons. The summed E-state index contributed by atoms with van der Waals surface area (Å²) >= 11 is 11.8. The van der Waals surface area contributed by atoms with Gasteiger partial charge in [-0.2, -0.15) is 18.2 Å². The highest BCUT2D eigenvalue weighted by Crippen LogP contribution is 2.38. The monoisotopic (exact) mass is 589 g/mol. The van der Waals surface area contributed by atoms with Gasteiger partial charge in [0.25, 0.3) is 0 Å². The molecule has 1 saturated carbocycles. The highest BCUT2D eigenvalue weighted by atomic mass is 35.5. The van der Waals surface area contributed by atoms with Crippen molar-refractivity contribution in [2.24, 2.45) is 11.8 Å². The molecule has 38 heavy (non-hydrogen) atoms. The van der Waals surface area contributed by atoms with Crippen LogP contribution in [0.5, 0.6) is 0 Å². The molecule has 0 amide bonds. The van der Waals surface area contributed by atoms with Crippen molar-refractivity contribution < 1.29 is 21.6 Å². The molecule has 0 bridgehead atoms. The lowest BCUT2D eigenvalue weighted by molar-refractivity contribution is -0.137. The first kappa shape index (κ1) is 28.7. The Bertz CT molecular complexity index is 1390. The van der Waals surface area contributed by atoms with Crippen molar-refractivity contribution in [2.75, 3.05) is 37.4 Å².